The highest BCUT2D eigenvalue weighted by atomic mass is 16.6. The molecule has 0 aromatic heterocycles. The molecule has 2 N–H and O–H groups in total. The van der Waals surface area contributed by atoms with Gasteiger partial charge in [0.15, 0.2) is 0 Å². The zero-order valence-electron chi connectivity index (χ0n) is 5.52. The van der Waals surface area contributed by atoms with E-state index in [0.29, 0.717) is 6.54 Å². The highest BCUT2D eigenvalue weighted by Crippen LogP contribution is 2.09. The van der Waals surface area contributed by atoms with Crippen LogP contribution in [0, 0.1) is 0 Å². The topological polar surface area (TPSA) is 50.4 Å². The molecule has 4 nitrogen and oxygen atoms in total. The number of hydrazine groups is 1. The van der Waals surface area contributed by atoms with E-state index in [-0.39, 0.29) is 5.60 Å². The molecule has 1 rings (SSSR count). The quantitative estimate of drug-likeness (QED) is 0.485. The van der Waals surface area contributed by atoms with E-state index in [1.54, 1.807) is 0 Å². The molecule has 4 heteroatoms. The Morgan fingerprint density at radius 3 is 2.67 bits per heavy atom. The van der Waals surface area contributed by atoms with Gasteiger partial charge in [-0.05, 0) is 13.8 Å². The lowest BCUT2D eigenvalue weighted by Gasteiger charge is -2.29. The van der Waals surface area contributed by atoms with Crippen LogP contribution in [0.15, 0.2) is 0 Å². The summed E-state index contributed by atoms with van der Waals surface area (Å²) in [6.07, 6.45) is -0.411. The predicted octanol–water partition coefficient (Wildman–Crippen LogP) is 0.00940. The van der Waals surface area contributed by atoms with E-state index < -0.39 is 6.09 Å². The summed E-state index contributed by atoms with van der Waals surface area (Å²) in [4.78, 5) is 10.5. The average Bonchev–Trinajstić information content (AvgIpc) is 1.60. The fraction of sp³-hybridized carbons (Fsp3) is 0.800. The zero-order chi connectivity index (χ0) is 6.91. The van der Waals surface area contributed by atoms with Crippen LogP contribution in [-0.4, -0.2) is 18.2 Å². The van der Waals surface area contributed by atoms with Crippen LogP contribution in [0.25, 0.3) is 0 Å². The van der Waals surface area contributed by atoms with Gasteiger partial charge in [-0.15, -0.1) is 0 Å². The predicted molar refractivity (Wildman–Crippen MR) is 31.7 cm³/mol. The van der Waals surface area contributed by atoms with Crippen molar-refractivity contribution in [2.24, 2.45) is 0 Å². The van der Waals surface area contributed by atoms with Crippen molar-refractivity contribution in [2.75, 3.05) is 6.54 Å². The average molecular weight is 130 g/mol. The Bertz CT molecular complexity index is 133. The summed E-state index contributed by atoms with van der Waals surface area (Å²) in [5.74, 6) is 0. The minimum atomic E-state index is -0.411. The number of carbonyl (C=O) groups is 1. The highest BCUT2D eigenvalue weighted by Gasteiger charge is 2.26. The Kier molecular flexibility index (Phi) is 1.32. The maximum Gasteiger partial charge on any atom is 0.422 e. The van der Waals surface area contributed by atoms with Gasteiger partial charge in [0.1, 0.15) is 5.60 Å². The minimum Gasteiger partial charge on any atom is -0.441 e. The minimum absolute atomic E-state index is 0.373. The third-order valence-electron chi connectivity index (χ3n) is 1.07. The molecule has 0 aliphatic carbocycles. The number of hydrogen-bond donors (Lipinski definition) is 2. The summed E-state index contributed by atoms with van der Waals surface area (Å²) < 4.78 is 4.86. The second-order valence-electron chi connectivity index (χ2n) is 2.63. The van der Waals surface area contributed by atoms with Crippen LogP contribution in [0.3, 0.4) is 0 Å². The largest absolute Gasteiger partial charge is 0.441 e. The molecule has 0 aromatic rings. The molecule has 0 bridgehead atoms. The van der Waals surface area contributed by atoms with Crippen LogP contribution in [0.5, 0.6) is 0 Å². The molecule has 1 aliphatic rings. The normalized spacial score (nSPS) is 24.4. The van der Waals surface area contributed by atoms with E-state index in [1.807, 2.05) is 13.8 Å². The summed E-state index contributed by atoms with van der Waals surface area (Å²) >= 11 is 0. The lowest BCUT2D eigenvalue weighted by atomic mass is 10.1. The van der Waals surface area contributed by atoms with Crippen LogP contribution in [0.1, 0.15) is 13.8 Å². The van der Waals surface area contributed by atoms with Crippen LogP contribution < -0.4 is 10.9 Å². The van der Waals surface area contributed by atoms with Gasteiger partial charge in [-0.25, -0.2) is 10.2 Å². The summed E-state index contributed by atoms with van der Waals surface area (Å²) in [6, 6.07) is 0. The molecule has 1 amide bonds. The molecule has 52 valence electrons. The van der Waals surface area contributed by atoms with Gasteiger partial charge < -0.3 is 4.74 Å². The number of amides is 1. The van der Waals surface area contributed by atoms with Crippen LogP contribution in [0.2, 0.25) is 0 Å². The Balaban J connectivity index is 2.51. The van der Waals surface area contributed by atoms with Gasteiger partial charge >= 0.3 is 6.09 Å². The lowest BCUT2D eigenvalue weighted by molar-refractivity contribution is 0.0116. The number of hydrogen-bond acceptors (Lipinski definition) is 3. The molecule has 1 fully saturated rings. The van der Waals surface area contributed by atoms with Crippen LogP contribution in [0.4, 0.5) is 4.79 Å². The molecule has 0 saturated carbocycles. The zero-order valence-corrected chi connectivity index (χ0v) is 5.52. The van der Waals surface area contributed by atoms with Crippen LogP contribution >= 0.6 is 0 Å². The van der Waals surface area contributed by atoms with Crippen molar-refractivity contribution in [1.82, 2.24) is 10.9 Å². The molecule has 0 aromatic carbocycles. The number of carbonyl (C=O) groups excluding carboxylic acids is 1. The van der Waals surface area contributed by atoms with Gasteiger partial charge in [0.25, 0.3) is 0 Å². The van der Waals surface area contributed by atoms with E-state index in [2.05, 4.69) is 10.9 Å². The smallest absolute Gasteiger partial charge is 0.422 e. The van der Waals surface area contributed by atoms with E-state index in [9.17, 15) is 4.79 Å². The first-order chi connectivity index (χ1) is 4.10. The Morgan fingerprint density at radius 2 is 2.33 bits per heavy atom. The van der Waals surface area contributed by atoms with Crippen molar-refractivity contribution < 1.29 is 9.53 Å². The Labute approximate surface area is 53.5 Å². The number of rotatable bonds is 0. The first kappa shape index (κ1) is 6.35. The first-order valence-electron chi connectivity index (χ1n) is 2.82. The summed E-state index contributed by atoms with van der Waals surface area (Å²) in [7, 11) is 0. The molecule has 0 spiro atoms. The van der Waals surface area contributed by atoms with Crippen LogP contribution in [-0.2, 0) is 4.74 Å². The molecule has 9 heavy (non-hydrogen) atoms. The summed E-state index contributed by atoms with van der Waals surface area (Å²) in [6.45, 7) is 4.33. The third kappa shape index (κ3) is 1.57. The Hall–Kier alpha value is -0.770. The van der Waals surface area contributed by atoms with Crippen molar-refractivity contribution in [3.63, 3.8) is 0 Å². The maximum absolute atomic E-state index is 10.5. The van der Waals surface area contributed by atoms with Crippen molar-refractivity contribution >= 4 is 6.09 Å². The fourth-order valence-corrected chi connectivity index (χ4v) is 0.642. The molecular weight excluding hydrogens is 120 g/mol. The molecule has 0 radical (unpaired) electrons. The Morgan fingerprint density at radius 1 is 1.67 bits per heavy atom. The van der Waals surface area contributed by atoms with Crippen molar-refractivity contribution in [1.29, 1.82) is 0 Å². The van der Waals surface area contributed by atoms with E-state index in [1.165, 1.54) is 0 Å². The van der Waals surface area contributed by atoms with Crippen molar-refractivity contribution in [3.05, 3.63) is 0 Å². The second-order valence-corrected chi connectivity index (χ2v) is 2.63. The molecule has 1 saturated heterocycles. The molecule has 1 aliphatic heterocycles. The standard InChI is InChI=1S/C5H10N2O2/c1-5(2)3-6-7-4(8)9-5/h6H,3H2,1-2H3,(H,7,8). The summed E-state index contributed by atoms with van der Waals surface area (Å²) in [5, 5.41) is 0. The fourth-order valence-electron chi connectivity index (χ4n) is 0.642. The van der Waals surface area contributed by atoms with Crippen molar-refractivity contribution in [2.45, 2.75) is 19.4 Å². The highest BCUT2D eigenvalue weighted by molar-refractivity contribution is 5.67. The van der Waals surface area contributed by atoms with Gasteiger partial charge in [0.2, 0.25) is 0 Å². The second kappa shape index (κ2) is 1.88. The van der Waals surface area contributed by atoms with Gasteiger partial charge in [0, 0.05) is 0 Å². The number of ether oxygens (including phenoxy) is 1. The van der Waals surface area contributed by atoms with Gasteiger partial charge in [-0.1, -0.05) is 0 Å². The van der Waals surface area contributed by atoms with Crippen molar-refractivity contribution in [3.8, 4) is 0 Å². The molecule has 1 heterocycles. The monoisotopic (exact) mass is 130 g/mol. The summed E-state index contributed by atoms with van der Waals surface area (Å²) in [5.41, 5.74) is 4.65. The number of nitrogens with one attached hydrogen (secondary N) is 2. The molecular formula is C5H10N2O2. The lowest BCUT2D eigenvalue weighted by Crippen LogP contribution is -2.54. The van der Waals surface area contributed by atoms with Gasteiger partial charge in [-0.3, -0.25) is 5.43 Å². The molecule has 0 unspecified atom stereocenters. The maximum atomic E-state index is 10.5. The SMILES string of the molecule is CC1(C)CNNC(=O)O1. The first-order valence-corrected chi connectivity index (χ1v) is 2.82. The molecule has 0 atom stereocenters. The number of cyclic esters (lactones) is 1. The van der Waals surface area contributed by atoms with Gasteiger partial charge in [-0.2, -0.15) is 0 Å². The van der Waals surface area contributed by atoms with E-state index >= 15 is 0 Å². The third-order valence-corrected chi connectivity index (χ3v) is 1.07. The van der Waals surface area contributed by atoms with Gasteiger partial charge in [0.05, 0.1) is 6.54 Å². The van der Waals surface area contributed by atoms with E-state index in [0.717, 1.165) is 0 Å². The van der Waals surface area contributed by atoms with E-state index in [4.69, 9.17) is 4.74 Å².